The van der Waals surface area contributed by atoms with Gasteiger partial charge in [0.25, 0.3) is 0 Å². The lowest BCUT2D eigenvalue weighted by Gasteiger charge is -1.92. The normalized spacial score (nSPS) is 16.0. The van der Waals surface area contributed by atoms with E-state index < -0.39 is 6.10 Å². The van der Waals surface area contributed by atoms with E-state index >= 15 is 0 Å². The number of hydrogen-bond acceptors (Lipinski definition) is 3. The van der Waals surface area contributed by atoms with Gasteiger partial charge < -0.3 is 10.3 Å². The van der Waals surface area contributed by atoms with Crippen molar-refractivity contribution >= 4 is 6.21 Å². The number of rotatable bonds is 2. The summed E-state index contributed by atoms with van der Waals surface area (Å²) in [5.41, 5.74) is 0. The van der Waals surface area contributed by atoms with Crippen molar-refractivity contribution in [1.29, 1.82) is 0 Å². The van der Waals surface area contributed by atoms with E-state index in [1.807, 2.05) is 0 Å². The van der Waals surface area contributed by atoms with Crippen molar-refractivity contribution in [3.63, 3.8) is 0 Å². The van der Waals surface area contributed by atoms with Gasteiger partial charge in [0.2, 0.25) is 6.21 Å². The highest BCUT2D eigenvalue weighted by molar-refractivity contribution is 5.51. The number of nitrogens with zero attached hydrogens (tertiary/aromatic N) is 1. The molecule has 8 heavy (non-hydrogen) atoms. The average Bonchev–Trinajstić information content (AvgIpc) is 1.61. The summed E-state index contributed by atoms with van der Waals surface area (Å²) in [5.74, 6) is 0. The van der Waals surface area contributed by atoms with Crippen LogP contribution < -0.4 is 0 Å². The largest absolute Gasteiger partial charge is 0.418 e. The third-order valence-electron chi connectivity index (χ3n) is 0.603. The summed E-state index contributed by atoms with van der Waals surface area (Å²) in [6.45, 7) is 1.53. The minimum absolute atomic E-state index is 0.181. The predicted octanol–water partition coefficient (Wildman–Crippen LogP) is -0.272. The molecule has 0 rings (SSSR count). The van der Waals surface area contributed by atoms with E-state index in [1.165, 1.54) is 6.92 Å². The quantitative estimate of drug-likeness (QED) is 0.227. The maximum absolute atomic E-state index is 9.65. The van der Waals surface area contributed by atoms with Crippen LogP contribution >= 0.6 is 0 Å². The summed E-state index contributed by atoms with van der Waals surface area (Å²) in [5, 5.41) is 26.1. The Kier molecular flexibility index (Phi) is 2.95. The Morgan fingerprint density at radius 2 is 2.38 bits per heavy atom. The van der Waals surface area contributed by atoms with E-state index in [-0.39, 0.29) is 11.3 Å². The van der Waals surface area contributed by atoms with Crippen LogP contribution in [0.2, 0.25) is 0 Å². The molecule has 0 amide bonds. The first-order valence-corrected chi connectivity index (χ1v) is 2.29. The zero-order chi connectivity index (χ0) is 6.57. The Labute approximate surface area is 47.2 Å². The molecule has 0 radical (unpaired) electrons. The fourth-order valence-electron chi connectivity index (χ4n) is 0.243. The maximum atomic E-state index is 9.65. The molecule has 48 valence electrons. The van der Waals surface area contributed by atoms with Crippen LogP contribution in [0.15, 0.2) is 0 Å². The summed E-state index contributed by atoms with van der Waals surface area (Å²) >= 11 is 0. The van der Waals surface area contributed by atoms with Crippen molar-refractivity contribution in [2.75, 3.05) is 0 Å². The van der Waals surface area contributed by atoms with E-state index in [9.17, 15) is 5.21 Å². The van der Waals surface area contributed by atoms with Gasteiger partial charge in [0.15, 0.2) is 0 Å². The Morgan fingerprint density at radius 3 is 2.50 bits per heavy atom. The van der Waals surface area contributed by atoms with Crippen LogP contribution in [0.25, 0.3) is 0 Å². The summed E-state index contributed by atoms with van der Waals surface area (Å²) in [6, 6.07) is 0. The zero-order valence-electron chi connectivity index (χ0n) is 4.61. The third-order valence-corrected chi connectivity index (χ3v) is 0.603. The Balaban J connectivity index is 3.29. The van der Waals surface area contributed by atoms with Crippen molar-refractivity contribution in [1.82, 2.24) is 0 Å². The van der Waals surface area contributed by atoms with Gasteiger partial charge >= 0.3 is 0 Å². The van der Waals surface area contributed by atoms with E-state index in [0.29, 0.717) is 0 Å². The first-order chi connectivity index (χ1) is 3.63. The lowest BCUT2D eigenvalue weighted by molar-refractivity contribution is -0.723. The molecule has 0 aliphatic heterocycles. The fraction of sp³-hybridized carbons (Fsp3) is 0.750. The van der Waals surface area contributed by atoms with Gasteiger partial charge in [-0.25, -0.2) is 0 Å². The standard InChI is InChI=1S/C4H9NO3/c1-4(6)2-3-5(7)8/h3-4,6H,2H2,1H3,(H,7,8). The van der Waals surface area contributed by atoms with Crippen molar-refractivity contribution in [3.8, 4) is 0 Å². The molecule has 0 aliphatic carbocycles. The summed E-state index contributed by atoms with van der Waals surface area (Å²) in [6.07, 6.45) is 0.559. The highest BCUT2D eigenvalue weighted by Crippen LogP contribution is 1.82. The minimum atomic E-state index is -0.571. The molecule has 0 saturated heterocycles. The SMILES string of the molecule is CC(O)CC=[N+]([O-])O. The number of aliphatic hydroxyl groups excluding tert-OH is 1. The lowest BCUT2D eigenvalue weighted by atomic mass is 10.3. The third kappa shape index (κ3) is 5.23. The van der Waals surface area contributed by atoms with Gasteiger partial charge in [-0.2, -0.15) is 0 Å². The Hall–Kier alpha value is -0.770. The van der Waals surface area contributed by atoms with Crippen molar-refractivity contribution in [2.24, 2.45) is 0 Å². The van der Waals surface area contributed by atoms with Crippen LogP contribution in [0.3, 0.4) is 0 Å². The molecule has 0 aromatic carbocycles. The molecule has 0 heterocycles. The first-order valence-electron chi connectivity index (χ1n) is 2.29. The van der Waals surface area contributed by atoms with Crippen LogP contribution in [0, 0.1) is 5.21 Å². The predicted molar refractivity (Wildman–Crippen MR) is 27.8 cm³/mol. The van der Waals surface area contributed by atoms with E-state index in [0.717, 1.165) is 6.21 Å². The molecule has 0 fully saturated rings. The molecule has 4 heteroatoms. The minimum Gasteiger partial charge on any atom is -0.418 e. The molecule has 0 saturated carbocycles. The number of aliphatic hydroxyl groups is 1. The molecular weight excluding hydrogens is 110 g/mol. The molecule has 0 spiro atoms. The van der Waals surface area contributed by atoms with E-state index in [2.05, 4.69) is 0 Å². The summed E-state index contributed by atoms with van der Waals surface area (Å²) in [4.78, 5) is -0.313. The highest BCUT2D eigenvalue weighted by Gasteiger charge is 1.94. The van der Waals surface area contributed by atoms with Crippen LogP contribution in [0.1, 0.15) is 13.3 Å². The fourth-order valence-corrected chi connectivity index (χ4v) is 0.243. The molecule has 0 aromatic rings. The van der Waals surface area contributed by atoms with E-state index in [4.69, 9.17) is 10.3 Å². The van der Waals surface area contributed by atoms with Gasteiger partial charge in [-0.05, 0) is 6.92 Å². The number of hydrogen-bond donors (Lipinski definition) is 2. The lowest BCUT2D eigenvalue weighted by Crippen LogP contribution is -2.05. The summed E-state index contributed by atoms with van der Waals surface area (Å²) in [7, 11) is 0. The molecule has 0 bridgehead atoms. The van der Waals surface area contributed by atoms with Crippen LogP contribution in [0.5, 0.6) is 0 Å². The van der Waals surface area contributed by atoms with Gasteiger partial charge in [0.1, 0.15) is 0 Å². The molecule has 0 aromatic heterocycles. The Morgan fingerprint density at radius 1 is 1.88 bits per heavy atom. The second-order valence-electron chi connectivity index (χ2n) is 1.57. The maximum Gasteiger partial charge on any atom is 0.212 e. The summed E-state index contributed by atoms with van der Waals surface area (Å²) < 4.78 is 0. The molecule has 2 N–H and O–H groups in total. The van der Waals surface area contributed by atoms with Gasteiger partial charge in [-0.3, -0.25) is 5.21 Å². The van der Waals surface area contributed by atoms with Crippen LogP contribution in [-0.4, -0.2) is 27.5 Å². The highest BCUT2D eigenvalue weighted by atomic mass is 16.8. The van der Waals surface area contributed by atoms with Gasteiger partial charge in [-0.1, -0.05) is 0 Å². The van der Waals surface area contributed by atoms with Gasteiger partial charge in [-0.15, -0.1) is 0 Å². The van der Waals surface area contributed by atoms with Gasteiger partial charge in [0, 0.05) is 4.90 Å². The average molecular weight is 119 g/mol. The molecule has 4 nitrogen and oxygen atoms in total. The van der Waals surface area contributed by atoms with Crippen LogP contribution in [0.4, 0.5) is 0 Å². The molecule has 0 aliphatic rings. The monoisotopic (exact) mass is 119 g/mol. The molecule has 1 unspecified atom stereocenters. The zero-order valence-corrected chi connectivity index (χ0v) is 4.61. The molecular formula is C4H9NO3. The van der Waals surface area contributed by atoms with Crippen molar-refractivity contribution in [3.05, 3.63) is 5.21 Å². The van der Waals surface area contributed by atoms with Crippen molar-refractivity contribution < 1.29 is 15.2 Å². The first kappa shape index (κ1) is 7.23. The second kappa shape index (κ2) is 3.26. The van der Waals surface area contributed by atoms with E-state index in [1.54, 1.807) is 0 Å². The molecule has 1 atom stereocenters. The van der Waals surface area contributed by atoms with Crippen LogP contribution in [-0.2, 0) is 0 Å². The second-order valence-corrected chi connectivity index (χ2v) is 1.57. The van der Waals surface area contributed by atoms with Gasteiger partial charge in [0.05, 0.1) is 12.5 Å². The topological polar surface area (TPSA) is 66.5 Å². The smallest absolute Gasteiger partial charge is 0.212 e. The van der Waals surface area contributed by atoms with Crippen molar-refractivity contribution in [2.45, 2.75) is 19.4 Å². The Bertz CT molecular complexity index is 85.3.